The predicted molar refractivity (Wildman–Crippen MR) is 62.0 cm³/mol. The highest BCUT2D eigenvalue weighted by Gasteiger charge is 1.99. The maximum Gasteiger partial charge on any atom is 0.0482 e. The molecule has 0 saturated carbocycles. The molecule has 0 heterocycles. The summed E-state index contributed by atoms with van der Waals surface area (Å²) in [6, 6.07) is 7.79. The fourth-order valence-electron chi connectivity index (χ4n) is 1.28. The third kappa shape index (κ3) is 4.15. The van der Waals surface area contributed by atoms with Crippen LogP contribution in [0.1, 0.15) is 11.1 Å². The lowest BCUT2D eigenvalue weighted by Gasteiger charge is -2.02. The Bertz CT molecular complexity index is 330. The normalized spacial score (nSPS) is 15.0. The molecule has 2 atom stereocenters. The van der Waals surface area contributed by atoms with E-state index in [2.05, 4.69) is 0 Å². The van der Waals surface area contributed by atoms with E-state index in [4.69, 9.17) is 0 Å². The van der Waals surface area contributed by atoms with Gasteiger partial charge in [-0.1, -0.05) is 24.3 Å². The molecule has 0 spiro atoms. The third-order valence-electron chi connectivity index (χ3n) is 1.73. The highest BCUT2D eigenvalue weighted by atomic mass is 32.2. The summed E-state index contributed by atoms with van der Waals surface area (Å²) in [6.07, 6.45) is 3.37. The van der Waals surface area contributed by atoms with E-state index in [1.165, 1.54) is 0 Å². The highest BCUT2D eigenvalue weighted by molar-refractivity contribution is 7.83. The summed E-state index contributed by atoms with van der Waals surface area (Å²) in [6.45, 7) is 0. The van der Waals surface area contributed by atoms with Crippen LogP contribution < -0.4 is 0 Å². The Morgan fingerprint density at radius 3 is 1.79 bits per heavy atom. The van der Waals surface area contributed by atoms with Gasteiger partial charge in [-0.3, -0.25) is 8.42 Å². The molecule has 0 N–H and O–H groups in total. The number of rotatable bonds is 4. The van der Waals surface area contributed by atoms with Crippen LogP contribution in [0.2, 0.25) is 0 Å². The second kappa shape index (κ2) is 5.41. The lowest BCUT2D eigenvalue weighted by molar-refractivity contribution is 0.686. The van der Waals surface area contributed by atoms with Gasteiger partial charge in [0, 0.05) is 45.6 Å². The highest BCUT2D eigenvalue weighted by Crippen LogP contribution is 2.08. The van der Waals surface area contributed by atoms with Crippen molar-refractivity contribution in [2.24, 2.45) is 0 Å². The predicted octanol–water partition coefficient (Wildman–Crippen LogP) is 1.44. The Labute approximate surface area is 89.6 Å². The van der Waals surface area contributed by atoms with Gasteiger partial charge >= 0.3 is 0 Å². The smallest absolute Gasteiger partial charge is 0.0482 e. The van der Waals surface area contributed by atoms with Crippen LogP contribution in [0.5, 0.6) is 0 Å². The van der Waals surface area contributed by atoms with Gasteiger partial charge in [-0.05, 0) is 11.1 Å². The van der Waals surface area contributed by atoms with Gasteiger partial charge < -0.3 is 0 Å². The molecule has 14 heavy (non-hydrogen) atoms. The number of benzene rings is 1. The monoisotopic (exact) mass is 230 g/mol. The molecule has 1 aromatic carbocycles. The van der Waals surface area contributed by atoms with Gasteiger partial charge in [-0.2, -0.15) is 0 Å². The minimum absolute atomic E-state index is 0.574. The van der Waals surface area contributed by atoms with Gasteiger partial charge in [0.1, 0.15) is 0 Å². The van der Waals surface area contributed by atoms with Crippen molar-refractivity contribution in [3.05, 3.63) is 35.4 Å². The molecule has 0 amide bonds. The van der Waals surface area contributed by atoms with E-state index >= 15 is 0 Å². The minimum Gasteiger partial charge on any atom is -0.260 e. The molecule has 2 unspecified atom stereocenters. The molecule has 0 aliphatic heterocycles. The zero-order chi connectivity index (χ0) is 10.6. The first kappa shape index (κ1) is 11.6. The van der Waals surface area contributed by atoms with E-state index in [1.807, 2.05) is 24.3 Å². The second-order valence-electron chi connectivity index (χ2n) is 3.26. The average molecular weight is 230 g/mol. The van der Waals surface area contributed by atoms with Crippen molar-refractivity contribution in [3.8, 4) is 0 Å². The SMILES string of the molecule is CS(=O)Cc1cccc(CS(C)=O)c1. The summed E-state index contributed by atoms with van der Waals surface area (Å²) in [5.74, 6) is 1.15. The quantitative estimate of drug-likeness (QED) is 0.784. The molecule has 0 aliphatic rings. The number of hydrogen-bond acceptors (Lipinski definition) is 2. The molecule has 78 valence electrons. The van der Waals surface area contributed by atoms with Gasteiger partial charge in [0.15, 0.2) is 0 Å². The maximum absolute atomic E-state index is 11.0. The zero-order valence-electron chi connectivity index (χ0n) is 8.36. The summed E-state index contributed by atoms with van der Waals surface area (Å²) in [5.41, 5.74) is 2.10. The summed E-state index contributed by atoms with van der Waals surface area (Å²) < 4.78 is 22.0. The van der Waals surface area contributed by atoms with Crippen molar-refractivity contribution in [2.45, 2.75) is 11.5 Å². The first-order chi connectivity index (χ1) is 6.58. The standard InChI is InChI=1S/C10H14O2S2/c1-13(11)7-9-4-3-5-10(6-9)8-14(2)12/h3-6H,7-8H2,1-2H3. The summed E-state index contributed by atoms with van der Waals surface area (Å²) >= 11 is 0. The molecule has 0 aliphatic carbocycles. The van der Waals surface area contributed by atoms with Gasteiger partial charge in [0.25, 0.3) is 0 Å². The van der Waals surface area contributed by atoms with Crippen LogP contribution in [0.3, 0.4) is 0 Å². The summed E-state index contributed by atoms with van der Waals surface area (Å²) in [4.78, 5) is 0. The van der Waals surface area contributed by atoms with Crippen LogP contribution in [0, 0.1) is 0 Å². The van der Waals surface area contributed by atoms with E-state index in [-0.39, 0.29) is 0 Å². The maximum atomic E-state index is 11.0. The zero-order valence-corrected chi connectivity index (χ0v) is 9.99. The van der Waals surface area contributed by atoms with E-state index in [0.717, 1.165) is 11.1 Å². The average Bonchev–Trinajstić information content (AvgIpc) is 2.01. The molecule has 1 aromatic rings. The molecule has 2 nitrogen and oxygen atoms in total. The van der Waals surface area contributed by atoms with E-state index in [0.29, 0.717) is 11.5 Å². The van der Waals surface area contributed by atoms with Crippen LogP contribution in [-0.4, -0.2) is 20.9 Å². The Morgan fingerprint density at radius 2 is 1.43 bits per heavy atom. The van der Waals surface area contributed by atoms with Gasteiger partial charge in [0.05, 0.1) is 0 Å². The fraction of sp³-hybridized carbons (Fsp3) is 0.400. The van der Waals surface area contributed by atoms with Crippen molar-refractivity contribution >= 4 is 21.6 Å². The second-order valence-corrected chi connectivity index (χ2v) is 6.13. The summed E-state index contributed by atoms with van der Waals surface area (Å²) in [7, 11) is -1.63. The lowest BCUT2D eigenvalue weighted by atomic mass is 10.2. The molecule has 0 bridgehead atoms. The van der Waals surface area contributed by atoms with Crippen molar-refractivity contribution in [1.82, 2.24) is 0 Å². The Hall–Kier alpha value is -0.480. The van der Waals surface area contributed by atoms with Crippen molar-refractivity contribution in [1.29, 1.82) is 0 Å². The molecular formula is C10H14O2S2. The van der Waals surface area contributed by atoms with Crippen molar-refractivity contribution < 1.29 is 8.42 Å². The van der Waals surface area contributed by atoms with Crippen LogP contribution in [0.25, 0.3) is 0 Å². The van der Waals surface area contributed by atoms with Crippen LogP contribution in [0.15, 0.2) is 24.3 Å². The lowest BCUT2D eigenvalue weighted by Crippen LogP contribution is -1.96. The van der Waals surface area contributed by atoms with Gasteiger partial charge in [0.2, 0.25) is 0 Å². The molecule has 0 saturated heterocycles. The Morgan fingerprint density at radius 1 is 1.00 bits per heavy atom. The van der Waals surface area contributed by atoms with E-state index in [9.17, 15) is 8.42 Å². The molecule has 0 fully saturated rings. The van der Waals surface area contributed by atoms with Crippen molar-refractivity contribution in [3.63, 3.8) is 0 Å². The van der Waals surface area contributed by atoms with Crippen LogP contribution >= 0.6 is 0 Å². The van der Waals surface area contributed by atoms with E-state index < -0.39 is 21.6 Å². The molecule has 4 heteroatoms. The first-order valence-corrected chi connectivity index (χ1v) is 7.71. The number of hydrogen-bond donors (Lipinski definition) is 0. The fourth-order valence-corrected chi connectivity index (χ4v) is 2.58. The van der Waals surface area contributed by atoms with Crippen LogP contribution in [-0.2, 0) is 33.1 Å². The Balaban J connectivity index is 2.78. The van der Waals surface area contributed by atoms with E-state index in [1.54, 1.807) is 12.5 Å². The van der Waals surface area contributed by atoms with Crippen LogP contribution in [0.4, 0.5) is 0 Å². The molecule has 0 radical (unpaired) electrons. The van der Waals surface area contributed by atoms with Gasteiger partial charge in [-0.25, -0.2) is 0 Å². The molecular weight excluding hydrogens is 216 g/mol. The van der Waals surface area contributed by atoms with Gasteiger partial charge in [-0.15, -0.1) is 0 Å². The Kier molecular flexibility index (Phi) is 4.48. The topological polar surface area (TPSA) is 34.1 Å². The minimum atomic E-state index is -0.813. The molecule has 0 aromatic heterocycles. The largest absolute Gasteiger partial charge is 0.260 e. The first-order valence-electron chi connectivity index (χ1n) is 4.26. The third-order valence-corrected chi connectivity index (χ3v) is 3.21. The summed E-state index contributed by atoms with van der Waals surface area (Å²) in [5, 5.41) is 0. The van der Waals surface area contributed by atoms with Crippen molar-refractivity contribution in [2.75, 3.05) is 12.5 Å². The molecule has 1 rings (SSSR count).